The minimum atomic E-state index is -1.87. The number of allylic oxidation sites excluding steroid dienone is 1. The van der Waals surface area contributed by atoms with Gasteiger partial charge in [-0.05, 0) is 62.7 Å². The summed E-state index contributed by atoms with van der Waals surface area (Å²) in [5.41, 5.74) is -3.56. The number of Topliss-reactive ketones (excluding diaryl/α,β-unsaturated/α-hetero) is 1. The third-order valence-electron chi connectivity index (χ3n) is 10.3. The van der Waals surface area contributed by atoms with Crippen LogP contribution in [0.4, 0.5) is 4.39 Å². The molecule has 8 heteroatoms. The van der Waals surface area contributed by atoms with Gasteiger partial charge in [-0.3, -0.25) is 9.59 Å². The van der Waals surface area contributed by atoms with E-state index in [1.165, 1.54) is 23.1 Å². The molecule has 4 aliphatic rings. The number of alkyl halides is 1. The quantitative estimate of drug-likeness (QED) is 0.524. The van der Waals surface area contributed by atoms with Gasteiger partial charge in [0, 0.05) is 23.2 Å². The number of thioether (sulfide) groups is 1. The van der Waals surface area contributed by atoms with Gasteiger partial charge in [-0.1, -0.05) is 43.3 Å². The van der Waals surface area contributed by atoms with Gasteiger partial charge in [0.05, 0.1) is 22.1 Å². The number of hydrogen-bond acceptors (Lipinski definition) is 7. The number of fused-ring (bicyclic) bond motifs is 6. The molecule has 2 N–H and O–H groups in total. The molecular formula is C28H32FNO4S2. The predicted molar refractivity (Wildman–Crippen MR) is 139 cm³/mol. The Morgan fingerprint density at radius 1 is 1.19 bits per heavy atom. The van der Waals surface area contributed by atoms with Gasteiger partial charge in [-0.2, -0.15) is 0 Å². The van der Waals surface area contributed by atoms with Gasteiger partial charge in [-0.25, -0.2) is 9.37 Å². The lowest BCUT2D eigenvalue weighted by atomic mass is 9.44. The van der Waals surface area contributed by atoms with Crippen LogP contribution in [0.1, 0.15) is 58.8 Å². The maximum Gasteiger partial charge on any atom is 0.175 e. The van der Waals surface area contributed by atoms with Gasteiger partial charge in [-0.15, -0.1) is 11.3 Å². The number of aromatic nitrogens is 1. The van der Waals surface area contributed by atoms with Crippen molar-refractivity contribution in [3.63, 3.8) is 0 Å². The van der Waals surface area contributed by atoms with Gasteiger partial charge in [0.1, 0.15) is 11.3 Å². The molecule has 6 rings (SSSR count). The van der Waals surface area contributed by atoms with E-state index in [-0.39, 0.29) is 36.1 Å². The highest BCUT2D eigenvalue weighted by atomic mass is 32.2. The molecule has 2 aromatic rings. The van der Waals surface area contributed by atoms with E-state index in [1.807, 2.05) is 38.1 Å². The lowest BCUT2D eigenvalue weighted by Gasteiger charge is -2.63. The van der Waals surface area contributed by atoms with E-state index in [1.54, 1.807) is 6.08 Å². The summed E-state index contributed by atoms with van der Waals surface area (Å²) in [7, 11) is 0. The average molecular weight is 530 g/mol. The first-order valence-corrected chi connectivity index (χ1v) is 14.7. The third kappa shape index (κ3) is 3.17. The van der Waals surface area contributed by atoms with Gasteiger partial charge in [0.2, 0.25) is 0 Å². The van der Waals surface area contributed by atoms with Crippen molar-refractivity contribution in [2.45, 2.75) is 80.5 Å². The fraction of sp³-hybridized carbons (Fsp3) is 0.607. The molecule has 0 amide bonds. The Labute approximate surface area is 218 Å². The van der Waals surface area contributed by atoms with Crippen LogP contribution in [0.2, 0.25) is 0 Å². The summed E-state index contributed by atoms with van der Waals surface area (Å²) in [6.07, 6.45) is 3.01. The van der Waals surface area contributed by atoms with Crippen LogP contribution >= 0.6 is 23.1 Å². The molecule has 1 aromatic carbocycles. The number of aliphatic hydroxyl groups is 2. The van der Waals surface area contributed by atoms with Gasteiger partial charge >= 0.3 is 0 Å². The van der Waals surface area contributed by atoms with Crippen molar-refractivity contribution in [1.29, 1.82) is 0 Å². The van der Waals surface area contributed by atoms with Gasteiger partial charge < -0.3 is 10.2 Å². The topological polar surface area (TPSA) is 87.5 Å². The molecule has 0 spiro atoms. The highest BCUT2D eigenvalue weighted by molar-refractivity contribution is 8.01. The van der Waals surface area contributed by atoms with E-state index in [4.69, 9.17) is 0 Å². The van der Waals surface area contributed by atoms with Crippen molar-refractivity contribution in [1.82, 2.24) is 4.98 Å². The number of ketones is 2. The van der Waals surface area contributed by atoms with Crippen molar-refractivity contribution in [2.24, 2.45) is 22.7 Å². The number of carbonyl (C=O) groups excluding carboxylic acids is 2. The predicted octanol–water partition coefficient (Wildman–Crippen LogP) is 5.28. The molecule has 3 fully saturated rings. The summed E-state index contributed by atoms with van der Waals surface area (Å²) >= 11 is 2.86. The van der Waals surface area contributed by atoms with Crippen LogP contribution in [0.5, 0.6) is 0 Å². The fourth-order valence-corrected chi connectivity index (χ4v) is 10.2. The second-order valence-electron chi connectivity index (χ2n) is 11.7. The number of halogens is 1. The number of carbonyl (C=O) groups is 2. The summed E-state index contributed by atoms with van der Waals surface area (Å²) in [6, 6.07) is 7.82. The molecular weight excluding hydrogens is 497 g/mol. The maximum absolute atomic E-state index is 17.2. The molecule has 0 bridgehead atoms. The molecule has 1 heterocycles. The molecule has 192 valence electrons. The molecule has 5 nitrogen and oxygen atoms in total. The van der Waals surface area contributed by atoms with E-state index in [2.05, 4.69) is 4.98 Å². The number of rotatable bonds is 4. The van der Waals surface area contributed by atoms with Crippen LogP contribution < -0.4 is 0 Å². The second kappa shape index (κ2) is 8.19. The van der Waals surface area contributed by atoms with Crippen LogP contribution in [0.3, 0.4) is 0 Å². The van der Waals surface area contributed by atoms with Crippen LogP contribution in [0.25, 0.3) is 10.2 Å². The van der Waals surface area contributed by atoms with E-state index in [0.717, 1.165) is 20.1 Å². The van der Waals surface area contributed by atoms with Crippen LogP contribution in [0.15, 0.2) is 40.3 Å². The van der Waals surface area contributed by atoms with Gasteiger partial charge in [0.15, 0.2) is 15.9 Å². The van der Waals surface area contributed by atoms with Crippen LogP contribution in [0, 0.1) is 22.7 Å². The van der Waals surface area contributed by atoms with Crippen LogP contribution in [-0.4, -0.2) is 49.9 Å². The van der Waals surface area contributed by atoms with Crippen molar-refractivity contribution in [3.8, 4) is 0 Å². The van der Waals surface area contributed by atoms with Crippen molar-refractivity contribution >= 4 is 44.9 Å². The van der Waals surface area contributed by atoms with Crippen LogP contribution in [-0.2, 0) is 9.59 Å². The average Bonchev–Trinajstić information content (AvgIpc) is 3.38. The lowest BCUT2D eigenvalue weighted by Crippen LogP contribution is -2.69. The molecule has 4 aliphatic carbocycles. The zero-order chi connectivity index (χ0) is 25.5. The first-order chi connectivity index (χ1) is 17.0. The number of para-hydroxylation sites is 1. The zero-order valence-corrected chi connectivity index (χ0v) is 22.3. The van der Waals surface area contributed by atoms with Crippen molar-refractivity contribution < 1.29 is 24.2 Å². The molecule has 4 unspecified atom stereocenters. The van der Waals surface area contributed by atoms with Gasteiger partial charge in [0.25, 0.3) is 0 Å². The Morgan fingerprint density at radius 3 is 2.75 bits per heavy atom. The minimum absolute atomic E-state index is 0.0335. The molecule has 7 atom stereocenters. The minimum Gasteiger partial charge on any atom is -0.390 e. The highest BCUT2D eigenvalue weighted by Crippen LogP contribution is 2.70. The zero-order valence-electron chi connectivity index (χ0n) is 20.6. The summed E-state index contributed by atoms with van der Waals surface area (Å²) < 4.78 is 19.0. The molecule has 36 heavy (non-hydrogen) atoms. The second-order valence-corrected chi connectivity index (χ2v) is 13.9. The number of hydrogen-bond donors (Lipinski definition) is 2. The Balaban J connectivity index is 1.27. The molecule has 1 aromatic heterocycles. The smallest absolute Gasteiger partial charge is 0.175 e. The van der Waals surface area contributed by atoms with E-state index < -0.39 is 34.1 Å². The summed E-state index contributed by atoms with van der Waals surface area (Å²) in [6.45, 7) is 3.75. The number of nitrogens with zero attached hydrogens (tertiary/aromatic N) is 1. The van der Waals surface area contributed by atoms with Crippen molar-refractivity contribution in [2.75, 3.05) is 5.75 Å². The summed E-state index contributed by atoms with van der Waals surface area (Å²) in [5, 5.41) is 23.3. The monoisotopic (exact) mass is 529 g/mol. The Hall–Kier alpha value is -1.61. The van der Waals surface area contributed by atoms with E-state index in [0.29, 0.717) is 32.1 Å². The SMILES string of the molecule is CC12C[C@H](O)[C@@]3(F)C(CCC4=CC(=O)CCC43C)C1CC[C@]2(O)C(=O)CSc1nc2ccccc2s1. The van der Waals surface area contributed by atoms with E-state index in [9.17, 15) is 19.8 Å². The Kier molecular flexibility index (Phi) is 5.62. The summed E-state index contributed by atoms with van der Waals surface area (Å²) in [5.74, 6) is -0.802. The number of benzene rings is 1. The first kappa shape index (κ1) is 24.7. The standard InChI is InChI=1S/C28H32FNO4S2/c1-25-11-9-17(31)13-16(25)7-8-19-18-10-12-27(34,26(18,2)14-22(32)28(19,25)29)23(33)15-35-24-30-20-5-3-4-6-21(20)36-24/h3-6,13,18-19,22,32,34H,7-12,14-15H2,1-2H3/t18?,19?,22-,25?,26?,27-,28-/m0/s1. The molecule has 0 radical (unpaired) electrons. The van der Waals surface area contributed by atoms with E-state index >= 15 is 4.39 Å². The summed E-state index contributed by atoms with van der Waals surface area (Å²) in [4.78, 5) is 30.2. The van der Waals surface area contributed by atoms with Crippen molar-refractivity contribution in [3.05, 3.63) is 35.9 Å². The highest BCUT2D eigenvalue weighted by Gasteiger charge is 2.74. The normalized spacial score (nSPS) is 42.0. The molecule has 0 aliphatic heterocycles. The first-order valence-electron chi connectivity index (χ1n) is 12.9. The molecule has 3 saturated carbocycles. The fourth-order valence-electron chi connectivity index (χ4n) is 8.19. The lowest BCUT2D eigenvalue weighted by molar-refractivity contribution is -0.225. The Bertz CT molecular complexity index is 1260. The number of aliphatic hydroxyl groups excluding tert-OH is 1. The largest absolute Gasteiger partial charge is 0.390 e. The Morgan fingerprint density at radius 2 is 1.97 bits per heavy atom. The maximum atomic E-state index is 17.2. The number of thiazole rings is 1. The third-order valence-corrected chi connectivity index (χ3v) is 12.4. The molecule has 0 saturated heterocycles.